The summed E-state index contributed by atoms with van der Waals surface area (Å²) in [5, 5.41) is 3.66. The highest BCUT2D eigenvalue weighted by atomic mass is 19.1. The maximum atomic E-state index is 14.9. The van der Waals surface area contributed by atoms with E-state index < -0.39 is 11.6 Å². The van der Waals surface area contributed by atoms with E-state index in [1.54, 1.807) is 6.20 Å². The summed E-state index contributed by atoms with van der Waals surface area (Å²) < 4.78 is 34.3. The third-order valence-electron chi connectivity index (χ3n) is 6.00. The first-order valence-corrected chi connectivity index (χ1v) is 10.7. The lowest BCUT2D eigenvalue weighted by Crippen LogP contribution is -2.36. The molecule has 2 fully saturated rings. The van der Waals surface area contributed by atoms with E-state index in [9.17, 15) is 8.78 Å². The highest BCUT2D eigenvalue weighted by Crippen LogP contribution is 2.37. The van der Waals surface area contributed by atoms with Crippen LogP contribution in [0.4, 0.5) is 31.7 Å². The molecule has 8 heteroatoms. The molecule has 2 aliphatic rings. The van der Waals surface area contributed by atoms with Crippen molar-refractivity contribution in [3.8, 4) is 0 Å². The first-order valence-electron chi connectivity index (χ1n) is 10.7. The van der Waals surface area contributed by atoms with Crippen LogP contribution in [0.3, 0.4) is 0 Å². The number of fused-ring (bicyclic) bond motifs is 1. The molecule has 2 aliphatic heterocycles. The van der Waals surface area contributed by atoms with E-state index in [1.165, 1.54) is 6.07 Å². The summed E-state index contributed by atoms with van der Waals surface area (Å²) in [4.78, 5) is 13.4. The van der Waals surface area contributed by atoms with Crippen molar-refractivity contribution >= 4 is 33.8 Å². The van der Waals surface area contributed by atoms with E-state index in [4.69, 9.17) is 4.74 Å². The van der Waals surface area contributed by atoms with Crippen LogP contribution in [0.25, 0.3) is 10.9 Å². The summed E-state index contributed by atoms with van der Waals surface area (Å²) in [5.41, 5.74) is 3.48. The van der Waals surface area contributed by atoms with Gasteiger partial charge >= 0.3 is 0 Å². The predicted octanol–water partition coefficient (Wildman–Crippen LogP) is 4.40. The van der Waals surface area contributed by atoms with Crippen LogP contribution in [-0.4, -0.2) is 49.4 Å². The van der Waals surface area contributed by atoms with Crippen LogP contribution >= 0.6 is 0 Å². The zero-order valence-electron chi connectivity index (χ0n) is 17.5. The van der Waals surface area contributed by atoms with E-state index in [-0.39, 0.29) is 0 Å². The SMILES string of the molecule is Cc1c(N2CCCC2)nc2cc(F)cc(F)c2c1Nc1cncc(N2CCOCC2)c1. The number of hydrogen-bond acceptors (Lipinski definition) is 6. The van der Waals surface area contributed by atoms with Crippen molar-refractivity contribution in [1.29, 1.82) is 0 Å². The van der Waals surface area contributed by atoms with Gasteiger partial charge in [-0.1, -0.05) is 0 Å². The maximum absolute atomic E-state index is 14.9. The molecule has 31 heavy (non-hydrogen) atoms. The van der Waals surface area contributed by atoms with Gasteiger partial charge in [0.1, 0.15) is 17.5 Å². The van der Waals surface area contributed by atoms with E-state index in [0.717, 1.165) is 67.8 Å². The maximum Gasteiger partial charge on any atom is 0.137 e. The predicted molar refractivity (Wildman–Crippen MR) is 118 cm³/mol. The van der Waals surface area contributed by atoms with Crippen molar-refractivity contribution in [2.24, 2.45) is 0 Å². The highest BCUT2D eigenvalue weighted by Gasteiger charge is 2.22. The fourth-order valence-electron chi connectivity index (χ4n) is 4.42. The Hall–Kier alpha value is -3.00. The zero-order valence-corrected chi connectivity index (χ0v) is 17.5. The first-order chi connectivity index (χ1) is 15.1. The normalized spacial score (nSPS) is 16.9. The fraction of sp³-hybridized carbons (Fsp3) is 0.391. The van der Waals surface area contributed by atoms with Gasteiger partial charge in [0.25, 0.3) is 0 Å². The van der Waals surface area contributed by atoms with Crippen LogP contribution in [0.2, 0.25) is 0 Å². The Labute approximate surface area is 179 Å². The zero-order chi connectivity index (χ0) is 21.4. The summed E-state index contributed by atoms with van der Waals surface area (Å²) in [6, 6.07) is 4.21. The molecular formula is C23H25F2N5O. The Morgan fingerprint density at radius 2 is 1.74 bits per heavy atom. The van der Waals surface area contributed by atoms with Gasteiger partial charge in [0.15, 0.2) is 0 Å². The lowest BCUT2D eigenvalue weighted by molar-refractivity contribution is 0.122. The molecule has 0 bridgehead atoms. The average molecular weight is 425 g/mol. The molecule has 0 spiro atoms. The van der Waals surface area contributed by atoms with E-state index in [0.29, 0.717) is 29.8 Å². The average Bonchev–Trinajstić information content (AvgIpc) is 3.31. The number of morpholine rings is 1. The Bertz CT molecular complexity index is 1110. The molecule has 0 radical (unpaired) electrons. The molecule has 0 aliphatic carbocycles. The number of pyridine rings is 2. The molecule has 0 atom stereocenters. The smallest absolute Gasteiger partial charge is 0.137 e. The van der Waals surface area contributed by atoms with Gasteiger partial charge in [0.05, 0.1) is 53.6 Å². The van der Waals surface area contributed by atoms with E-state index in [2.05, 4.69) is 25.1 Å². The molecule has 4 heterocycles. The number of rotatable bonds is 4. The molecule has 6 nitrogen and oxygen atoms in total. The molecule has 2 saturated heterocycles. The molecule has 1 N–H and O–H groups in total. The molecule has 1 aromatic carbocycles. The molecule has 0 amide bonds. The van der Waals surface area contributed by atoms with Crippen molar-refractivity contribution in [2.45, 2.75) is 19.8 Å². The van der Waals surface area contributed by atoms with Gasteiger partial charge in [-0.25, -0.2) is 13.8 Å². The Kier molecular flexibility index (Phi) is 5.31. The molecule has 162 valence electrons. The molecule has 5 rings (SSSR count). The summed E-state index contributed by atoms with van der Waals surface area (Å²) in [7, 11) is 0. The van der Waals surface area contributed by atoms with Gasteiger partial charge in [-0.15, -0.1) is 0 Å². The van der Waals surface area contributed by atoms with Crippen molar-refractivity contribution in [3.05, 3.63) is 47.8 Å². The van der Waals surface area contributed by atoms with Gasteiger partial charge in [0.2, 0.25) is 0 Å². The number of hydrogen-bond donors (Lipinski definition) is 1. The summed E-state index contributed by atoms with van der Waals surface area (Å²) in [6.45, 7) is 6.69. The van der Waals surface area contributed by atoms with Gasteiger partial charge < -0.3 is 19.9 Å². The molecule has 2 aromatic heterocycles. The van der Waals surface area contributed by atoms with Crippen molar-refractivity contribution in [1.82, 2.24) is 9.97 Å². The van der Waals surface area contributed by atoms with Crippen LogP contribution in [0, 0.1) is 18.6 Å². The number of ether oxygens (including phenoxy) is 1. The standard InChI is InChI=1S/C23H25F2N5O/c1-15-22(27-17-12-18(14-26-13-17)29-6-8-31-9-7-29)21-19(25)10-16(24)11-20(21)28-23(15)30-4-2-3-5-30/h10-14H,2-9H2,1H3,(H,27,28). The van der Waals surface area contributed by atoms with Gasteiger partial charge in [0, 0.05) is 43.9 Å². The largest absolute Gasteiger partial charge is 0.378 e. The molecule has 0 unspecified atom stereocenters. The second-order valence-corrected chi connectivity index (χ2v) is 8.07. The van der Waals surface area contributed by atoms with E-state index in [1.807, 2.05) is 19.2 Å². The minimum Gasteiger partial charge on any atom is -0.378 e. The number of nitrogens with one attached hydrogen (secondary N) is 1. The Morgan fingerprint density at radius 3 is 2.52 bits per heavy atom. The van der Waals surface area contributed by atoms with Crippen LogP contribution in [-0.2, 0) is 4.74 Å². The molecular weight excluding hydrogens is 400 g/mol. The molecule has 3 aromatic rings. The summed E-state index contributed by atoms with van der Waals surface area (Å²) >= 11 is 0. The van der Waals surface area contributed by atoms with Crippen molar-refractivity contribution < 1.29 is 13.5 Å². The third kappa shape index (κ3) is 3.87. The summed E-state index contributed by atoms with van der Waals surface area (Å²) in [6.07, 6.45) is 5.71. The number of benzene rings is 1. The van der Waals surface area contributed by atoms with Crippen LogP contribution < -0.4 is 15.1 Å². The molecule has 0 saturated carbocycles. The first kappa shape index (κ1) is 19.9. The quantitative estimate of drug-likeness (QED) is 0.669. The minimum atomic E-state index is -0.629. The van der Waals surface area contributed by atoms with Crippen molar-refractivity contribution in [3.63, 3.8) is 0 Å². The monoisotopic (exact) mass is 425 g/mol. The van der Waals surface area contributed by atoms with E-state index >= 15 is 0 Å². The number of halogens is 2. The third-order valence-corrected chi connectivity index (χ3v) is 6.00. The number of anilines is 4. The highest BCUT2D eigenvalue weighted by molar-refractivity contribution is 5.97. The Morgan fingerprint density at radius 1 is 0.968 bits per heavy atom. The lowest BCUT2D eigenvalue weighted by Gasteiger charge is -2.29. The van der Waals surface area contributed by atoms with Crippen LogP contribution in [0.5, 0.6) is 0 Å². The van der Waals surface area contributed by atoms with Crippen LogP contribution in [0.15, 0.2) is 30.6 Å². The lowest BCUT2D eigenvalue weighted by atomic mass is 10.1. The van der Waals surface area contributed by atoms with Crippen molar-refractivity contribution in [2.75, 3.05) is 54.5 Å². The topological polar surface area (TPSA) is 53.5 Å². The van der Waals surface area contributed by atoms with Gasteiger partial charge in [-0.2, -0.15) is 0 Å². The van der Waals surface area contributed by atoms with Crippen LogP contribution in [0.1, 0.15) is 18.4 Å². The number of aromatic nitrogens is 2. The Balaban J connectivity index is 1.59. The van der Waals surface area contributed by atoms with Gasteiger partial charge in [-0.3, -0.25) is 4.98 Å². The second-order valence-electron chi connectivity index (χ2n) is 8.07. The summed E-state index contributed by atoms with van der Waals surface area (Å²) in [5.74, 6) is -0.483. The minimum absolute atomic E-state index is 0.290. The number of nitrogens with zero attached hydrogens (tertiary/aromatic N) is 4. The second kappa shape index (κ2) is 8.26. The van der Waals surface area contributed by atoms with Gasteiger partial charge in [-0.05, 0) is 25.8 Å². The fourth-order valence-corrected chi connectivity index (χ4v) is 4.42.